The molecule has 5 heterocycles. The zero-order valence-corrected chi connectivity index (χ0v) is 56.7. The molecule has 2 aliphatic heterocycles. The van der Waals surface area contributed by atoms with Crippen LogP contribution in [0.5, 0.6) is 0 Å². The predicted octanol–water partition coefficient (Wildman–Crippen LogP) is 24.9. The van der Waals surface area contributed by atoms with Crippen molar-refractivity contribution < 1.29 is 9.59 Å². The molecule has 7 heteroatoms. The summed E-state index contributed by atoms with van der Waals surface area (Å²) < 4.78 is 0. The van der Waals surface area contributed by atoms with E-state index in [1.165, 1.54) is 251 Å². The van der Waals surface area contributed by atoms with E-state index in [1.807, 2.05) is 22.7 Å². The van der Waals surface area contributed by atoms with Crippen LogP contribution in [-0.2, 0) is 20.4 Å². The number of thiophene rings is 3. The maximum Gasteiger partial charge on any atom is 0.261 e. The quantitative estimate of drug-likeness (QED) is 0.0529. The maximum absolute atomic E-state index is 16.1. The van der Waals surface area contributed by atoms with Gasteiger partial charge in [-0.3, -0.25) is 9.59 Å². The minimum atomic E-state index is -0.0366. The lowest BCUT2D eigenvalue weighted by Gasteiger charge is -2.29. The molecule has 0 radical (unpaired) electrons. The highest BCUT2D eigenvalue weighted by Crippen LogP contribution is 2.51. The Morgan fingerprint density at radius 3 is 0.852 bits per heavy atom. The molecule has 81 heavy (non-hydrogen) atoms. The van der Waals surface area contributed by atoms with Gasteiger partial charge in [0.25, 0.3) is 11.8 Å². The van der Waals surface area contributed by atoms with Crippen LogP contribution in [0.2, 0.25) is 0 Å². The lowest BCUT2D eigenvalue weighted by Crippen LogP contribution is -2.34. The Bertz CT molecular complexity index is 2260. The summed E-state index contributed by atoms with van der Waals surface area (Å²) in [6.45, 7) is 24.4. The van der Waals surface area contributed by atoms with Gasteiger partial charge in [-0.1, -0.05) is 300 Å². The summed E-state index contributed by atoms with van der Waals surface area (Å²) in [4.78, 5) is 43.8. The fraction of sp³-hybridized carbons (Fsp3) is 0.757. The van der Waals surface area contributed by atoms with Gasteiger partial charge in [0.05, 0.1) is 32.3 Å². The van der Waals surface area contributed by atoms with Crippen LogP contribution in [0.15, 0.2) is 47.5 Å². The van der Waals surface area contributed by atoms with E-state index in [0.29, 0.717) is 36.1 Å². The molecule has 2 unspecified atom stereocenters. The molecule has 0 saturated heterocycles. The highest BCUT2D eigenvalue weighted by molar-refractivity contribution is 7.22. The molecule has 0 aliphatic carbocycles. The lowest BCUT2D eigenvalue weighted by molar-refractivity contribution is -0.124. The smallest absolute Gasteiger partial charge is 0.261 e. The van der Waals surface area contributed by atoms with Crippen LogP contribution >= 0.6 is 34.0 Å². The zero-order valence-electron chi connectivity index (χ0n) is 54.3. The van der Waals surface area contributed by atoms with E-state index in [9.17, 15) is 0 Å². The lowest BCUT2D eigenvalue weighted by atomic mass is 9.93. The van der Waals surface area contributed by atoms with Gasteiger partial charge in [0.1, 0.15) is 0 Å². The van der Waals surface area contributed by atoms with E-state index in [1.54, 1.807) is 11.3 Å². The van der Waals surface area contributed by atoms with Crippen LogP contribution in [0, 0.1) is 11.8 Å². The van der Waals surface area contributed by atoms with Gasteiger partial charge in [-0.25, -0.2) is 0 Å². The maximum atomic E-state index is 16.1. The molecule has 5 rings (SSSR count). The van der Waals surface area contributed by atoms with E-state index in [4.69, 9.17) is 0 Å². The SMILES string of the molecule is CCCCCCCCCCCCC(CCCCCCCCCC)CN1C(=O)C2=C(c3ccc(C(C)(C)C)s3)N(CC(CCCCCCCCCC)CCCCCCCCCCCC)C(=O)C2=C1c1ccc(-c2ccc(C(C)(C)C)s2)s1. The monoisotopic (exact) mass is 1170 g/mol. The molecule has 0 spiro atoms. The number of amides is 2. The van der Waals surface area contributed by atoms with Crippen LogP contribution < -0.4 is 0 Å². The van der Waals surface area contributed by atoms with Gasteiger partial charge in [-0.05, 0) is 84.7 Å². The summed E-state index contributed by atoms with van der Waals surface area (Å²) in [7, 11) is 0. The second-order valence-corrected chi connectivity index (χ2v) is 30.7. The molecule has 0 aromatic carbocycles. The summed E-state index contributed by atoms with van der Waals surface area (Å²) >= 11 is 5.49. The molecule has 0 bridgehead atoms. The summed E-state index contributed by atoms with van der Waals surface area (Å²) in [5.41, 5.74) is 3.21. The van der Waals surface area contributed by atoms with E-state index in [-0.39, 0.29) is 22.6 Å². The molecule has 2 amide bonds. The molecule has 3 aromatic heterocycles. The fourth-order valence-corrected chi connectivity index (χ4v) is 16.1. The Kier molecular flexibility index (Phi) is 33.0. The molecule has 2 atom stereocenters. The van der Waals surface area contributed by atoms with E-state index in [0.717, 1.165) is 46.8 Å². The van der Waals surface area contributed by atoms with E-state index < -0.39 is 0 Å². The van der Waals surface area contributed by atoms with Gasteiger partial charge >= 0.3 is 0 Å². The van der Waals surface area contributed by atoms with E-state index >= 15 is 9.59 Å². The van der Waals surface area contributed by atoms with Crippen molar-refractivity contribution in [3.63, 3.8) is 0 Å². The Balaban J connectivity index is 1.51. The zero-order chi connectivity index (χ0) is 58.3. The molecule has 2 aliphatic rings. The molecule has 4 nitrogen and oxygen atoms in total. The van der Waals surface area contributed by atoms with Crippen molar-refractivity contribution in [1.82, 2.24) is 9.80 Å². The van der Waals surface area contributed by atoms with E-state index in [2.05, 4.69) is 115 Å². The summed E-state index contributed by atoms with van der Waals surface area (Å²) in [5, 5.41) is 0. The fourth-order valence-electron chi connectivity index (χ4n) is 12.7. The summed E-state index contributed by atoms with van der Waals surface area (Å²) in [6.07, 6.45) is 52.2. The predicted molar refractivity (Wildman–Crippen MR) is 361 cm³/mol. The first-order valence-electron chi connectivity index (χ1n) is 34.7. The van der Waals surface area contributed by atoms with Crippen LogP contribution in [0.4, 0.5) is 0 Å². The molecule has 3 aromatic rings. The van der Waals surface area contributed by atoms with Gasteiger partial charge in [0.2, 0.25) is 0 Å². The Hall–Kier alpha value is -2.48. The molecular formula is C74H122N2O2S3. The highest BCUT2D eigenvalue weighted by Gasteiger charge is 2.50. The van der Waals surface area contributed by atoms with Crippen molar-refractivity contribution in [1.29, 1.82) is 0 Å². The minimum absolute atomic E-state index is 0.0366. The third kappa shape index (κ3) is 23.7. The molecule has 458 valence electrons. The van der Waals surface area contributed by atoms with Crippen LogP contribution in [0.1, 0.15) is 346 Å². The second-order valence-electron chi connectivity index (χ2n) is 27.5. The van der Waals surface area contributed by atoms with Gasteiger partial charge in [-0.15, -0.1) is 34.0 Å². The number of fused-ring (bicyclic) bond motifs is 1. The van der Waals surface area contributed by atoms with Crippen molar-refractivity contribution >= 4 is 57.2 Å². The van der Waals surface area contributed by atoms with Gasteiger partial charge < -0.3 is 9.80 Å². The first-order chi connectivity index (χ1) is 39.2. The van der Waals surface area contributed by atoms with Crippen molar-refractivity contribution in [2.45, 2.75) is 337 Å². The third-order valence-electron chi connectivity index (χ3n) is 17.9. The molecule has 0 saturated carbocycles. The number of carbonyl (C=O) groups is 2. The molecule has 0 N–H and O–H groups in total. The molecule has 0 fully saturated rings. The van der Waals surface area contributed by atoms with Gasteiger partial charge in [0, 0.05) is 32.6 Å². The van der Waals surface area contributed by atoms with Crippen LogP contribution in [-0.4, -0.2) is 34.7 Å². The summed E-state index contributed by atoms with van der Waals surface area (Å²) in [5.74, 6) is 0.924. The van der Waals surface area contributed by atoms with Crippen molar-refractivity contribution in [2.24, 2.45) is 11.8 Å². The second kappa shape index (κ2) is 38.5. The van der Waals surface area contributed by atoms with Gasteiger partial charge in [0.15, 0.2) is 0 Å². The van der Waals surface area contributed by atoms with Gasteiger partial charge in [-0.2, -0.15) is 0 Å². The average molecular weight is 1170 g/mol. The first-order valence-corrected chi connectivity index (χ1v) is 37.1. The third-order valence-corrected chi connectivity index (χ3v) is 22.2. The number of unbranched alkanes of at least 4 members (excludes halogenated alkanes) is 32. The largest absolute Gasteiger partial charge is 0.306 e. The normalized spacial score (nSPS) is 14.9. The van der Waals surface area contributed by atoms with Crippen molar-refractivity contribution in [3.8, 4) is 9.75 Å². The standard InChI is InChI=1S/C74H122N2O2S3/c1-11-15-19-23-27-31-33-37-41-45-48-59(47-43-39-35-29-25-21-17-13-3)57-75-69(63-52-51-61(79-63)62-53-55-65(80-62)73(5,6)7)67-68(72(75)78)70(64-54-56-66(81-64)74(8,9)10)76(71(67)77)58-60(49-44-40-36-30-26-22-18-14-4)50-46-42-38-34-32-28-24-20-16-12-2/h51-56,59-60H,11-50,57-58H2,1-10H3. The topological polar surface area (TPSA) is 40.6 Å². The van der Waals surface area contributed by atoms with Crippen LogP contribution in [0.25, 0.3) is 21.1 Å². The Morgan fingerprint density at radius 1 is 0.321 bits per heavy atom. The Labute approximate surface area is 512 Å². The van der Waals surface area contributed by atoms with Crippen LogP contribution in [0.3, 0.4) is 0 Å². The number of nitrogens with zero attached hydrogens (tertiary/aromatic N) is 2. The number of rotatable bonds is 47. The summed E-state index contributed by atoms with van der Waals surface area (Å²) in [6, 6.07) is 13.7. The highest BCUT2D eigenvalue weighted by atomic mass is 32.1. The van der Waals surface area contributed by atoms with Crippen molar-refractivity contribution in [3.05, 3.63) is 67.1 Å². The average Bonchev–Trinajstić information content (AvgIpc) is 4.01. The number of hydrogen-bond acceptors (Lipinski definition) is 5. The number of hydrogen-bond donors (Lipinski definition) is 0. The minimum Gasteiger partial charge on any atom is -0.306 e. The number of carbonyl (C=O) groups excluding carboxylic acids is 2. The Morgan fingerprint density at radius 2 is 0.556 bits per heavy atom. The molecular weight excluding hydrogens is 1050 g/mol. The van der Waals surface area contributed by atoms with Crippen molar-refractivity contribution in [2.75, 3.05) is 13.1 Å². The first kappa shape index (κ1) is 69.3.